The van der Waals surface area contributed by atoms with Crippen LogP contribution in [-0.4, -0.2) is 48.2 Å². The molecule has 3 rings (SSSR count). The molecule has 0 bridgehead atoms. The Balaban J connectivity index is 1.63. The molecule has 0 saturated carbocycles. The molecule has 1 unspecified atom stereocenters. The maximum atomic E-state index is 4.51. The normalized spacial score (nSPS) is 18.0. The van der Waals surface area contributed by atoms with E-state index in [4.69, 9.17) is 0 Å². The third-order valence-corrected chi connectivity index (χ3v) is 4.44. The summed E-state index contributed by atoms with van der Waals surface area (Å²) in [5.41, 5.74) is 0. The molecular formula is C14H20N6S. The highest BCUT2D eigenvalue weighted by atomic mass is 32.1. The first-order chi connectivity index (χ1) is 10.1. The van der Waals surface area contributed by atoms with E-state index in [1.165, 1.54) is 4.88 Å². The lowest BCUT2D eigenvalue weighted by atomic mass is 10.2. The Morgan fingerprint density at radius 1 is 1.38 bits per heavy atom. The Morgan fingerprint density at radius 2 is 2.24 bits per heavy atom. The van der Waals surface area contributed by atoms with Crippen LogP contribution in [0.4, 0.5) is 16.9 Å². The molecule has 0 spiro atoms. The van der Waals surface area contributed by atoms with Crippen LogP contribution < -0.4 is 15.1 Å². The van der Waals surface area contributed by atoms with Crippen LogP contribution >= 0.6 is 11.3 Å². The van der Waals surface area contributed by atoms with Crippen LogP contribution in [0.3, 0.4) is 0 Å². The van der Waals surface area contributed by atoms with Gasteiger partial charge in [0.15, 0.2) is 5.13 Å². The molecule has 1 N–H and O–H groups in total. The van der Waals surface area contributed by atoms with Crippen LogP contribution in [0.1, 0.15) is 11.3 Å². The maximum absolute atomic E-state index is 4.51. The molecule has 1 aliphatic rings. The summed E-state index contributed by atoms with van der Waals surface area (Å²) >= 11 is 1.75. The number of hydrogen-bond acceptors (Lipinski definition) is 7. The maximum Gasteiger partial charge on any atom is 0.226 e. The molecule has 2 aromatic heterocycles. The first-order valence-corrected chi connectivity index (χ1v) is 7.88. The van der Waals surface area contributed by atoms with Crippen LogP contribution in [0.5, 0.6) is 0 Å². The summed E-state index contributed by atoms with van der Waals surface area (Å²) in [4.78, 5) is 18.7. The Labute approximate surface area is 128 Å². The van der Waals surface area contributed by atoms with Gasteiger partial charge in [0.05, 0.1) is 0 Å². The third-order valence-electron chi connectivity index (χ3n) is 3.46. The Hall–Kier alpha value is -1.89. The number of nitrogens with one attached hydrogen (secondary N) is 1. The van der Waals surface area contributed by atoms with Gasteiger partial charge >= 0.3 is 0 Å². The van der Waals surface area contributed by atoms with Crippen molar-refractivity contribution in [2.24, 2.45) is 0 Å². The van der Waals surface area contributed by atoms with Gasteiger partial charge < -0.3 is 15.1 Å². The highest BCUT2D eigenvalue weighted by Gasteiger charge is 2.24. The smallest absolute Gasteiger partial charge is 0.226 e. The van der Waals surface area contributed by atoms with Gasteiger partial charge in [0, 0.05) is 50.5 Å². The van der Waals surface area contributed by atoms with E-state index in [9.17, 15) is 0 Å². The number of rotatable bonds is 4. The van der Waals surface area contributed by atoms with Crippen molar-refractivity contribution in [3.05, 3.63) is 23.3 Å². The van der Waals surface area contributed by atoms with Gasteiger partial charge in [-0.15, -0.1) is 11.3 Å². The van der Waals surface area contributed by atoms with Crippen molar-refractivity contribution in [3.63, 3.8) is 0 Å². The van der Waals surface area contributed by atoms with Crippen molar-refractivity contribution in [3.8, 4) is 0 Å². The minimum Gasteiger partial charge on any atom is -0.365 e. The Kier molecular flexibility index (Phi) is 3.92. The van der Waals surface area contributed by atoms with Crippen LogP contribution in [0.2, 0.25) is 0 Å². The predicted molar refractivity (Wildman–Crippen MR) is 87.5 cm³/mol. The molecule has 3 heterocycles. The number of hydrogen-bond donors (Lipinski definition) is 1. The van der Waals surface area contributed by atoms with Gasteiger partial charge in [0.1, 0.15) is 5.82 Å². The molecule has 1 atom stereocenters. The summed E-state index contributed by atoms with van der Waals surface area (Å²) in [6, 6.07) is 2.32. The van der Waals surface area contributed by atoms with E-state index in [2.05, 4.69) is 32.1 Å². The zero-order valence-corrected chi connectivity index (χ0v) is 13.4. The fraction of sp³-hybridized carbons (Fsp3) is 0.500. The van der Waals surface area contributed by atoms with Crippen LogP contribution in [-0.2, 0) is 0 Å². The van der Waals surface area contributed by atoms with Crippen molar-refractivity contribution in [1.29, 1.82) is 0 Å². The standard InChI is InChI=1S/C14H20N6S/c1-10-8-16-14(21-10)20-7-5-11(9-20)17-12-4-6-15-13(18-12)19(2)3/h4,6,8,11H,5,7,9H2,1-3H3,(H,15,17,18). The van der Waals surface area contributed by atoms with E-state index in [1.807, 2.05) is 31.3 Å². The topological polar surface area (TPSA) is 57.2 Å². The van der Waals surface area contributed by atoms with Crippen molar-refractivity contribution in [2.45, 2.75) is 19.4 Å². The van der Waals surface area contributed by atoms with E-state index < -0.39 is 0 Å². The van der Waals surface area contributed by atoms with Gasteiger partial charge in [-0.1, -0.05) is 0 Å². The lowest BCUT2D eigenvalue weighted by Crippen LogP contribution is -2.26. The molecule has 0 amide bonds. The minimum atomic E-state index is 0.402. The van der Waals surface area contributed by atoms with Gasteiger partial charge in [0.2, 0.25) is 5.95 Å². The van der Waals surface area contributed by atoms with Gasteiger partial charge in [-0.05, 0) is 19.4 Å². The summed E-state index contributed by atoms with van der Waals surface area (Å²) in [7, 11) is 3.89. The second-order valence-corrected chi connectivity index (χ2v) is 6.68. The molecule has 1 aliphatic heterocycles. The van der Waals surface area contributed by atoms with E-state index in [0.717, 1.165) is 36.4 Å². The van der Waals surface area contributed by atoms with Crippen LogP contribution in [0.25, 0.3) is 0 Å². The first-order valence-electron chi connectivity index (χ1n) is 7.06. The molecule has 0 radical (unpaired) electrons. The second kappa shape index (κ2) is 5.85. The zero-order valence-electron chi connectivity index (χ0n) is 12.6. The molecule has 1 saturated heterocycles. The molecular weight excluding hydrogens is 284 g/mol. The monoisotopic (exact) mass is 304 g/mol. The lowest BCUT2D eigenvalue weighted by molar-refractivity contribution is 0.798. The van der Waals surface area contributed by atoms with Gasteiger partial charge in [-0.2, -0.15) is 4.98 Å². The average Bonchev–Trinajstić information content (AvgIpc) is 3.08. The molecule has 0 aromatic carbocycles. The van der Waals surface area contributed by atoms with Gasteiger partial charge in [-0.3, -0.25) is 0 Å². The summed E-state index contributed by atoms with van der Waals surface area (Å²) < 4.78 is 0. The van der Waals surface area contributed by atoms with Crippen LogP contribution in [0, 0.1) is 6.92 Å². The zero-order chi connectivity index (χ0) is 14.8. The SMILES string of the molecule is Cc1cnc(N2CCC(Nc3ccnc(N(C)C)n3)C2)s1. The fourth-order valence-corrected chi connectivity index (χ4v) is 3.19. The average molecular weight is 304 g/mol. The number of nitrogens with zero attached hydrogens (tertiary/aromatic N) is 5. The van der Waals surface area contributed by atoms with Crippen LogP contribution in [0.15, 0.2) is 18.5 Å². The molecule has 0 aliphatic carbocycles. The molecule has 1 fully saturated rings. The van der Waals surface area contributed by atoms with E-state index in [1.54, 1.807) is 17.5 Å². The van der Waals surface area contributed by atoms with Gasteiger partial charge in [0.25, 0.3) is 0 Å². The first kappa shape index (κ1) is 14.1. The highest BCUT2D eigenvalue weighted by Crippen LogP contribution is 2.26. The number of anilines is 3. The second-order valence-electron chi connectivity index (χ2n) is 5.47. The number of thiazole rings is 1. The molecule has 2 aromatic rings. The van der Waals surface area contributed by atoms with Gasteiger partial charge in [-0.25, -0.2) is 9.97 Å². The third kappa shape index (κ3) is 3.24. The van der Waals surface area contributed by atoms with E-state index in [0.29, 0.717) is 6.04 Å². The van der Waals surface area contributed by atoms with Crippen molar-refractivity contribution >= 4 is 28.2 Å². The Bertz CT molecular complexity index is 611. The number of aromatic nitrogens is 3. The molecule has 6 nitrogen and oxygen atoms in total. The molecule has 112 valence electrons. The largest absolute Gasteiger partial charge is 0.365 e. The summed E-state index contributed by atoms with van der Waals surface area (Å²) in [6.45, 7) is 4.10. The highest BCUT2D eigenvalue weighted by molar-refractivity contribution is 7.15. The fourth-order valence-electron chi connectivity index (χ4n) is 2.39. The quantitative estimate of drug-likeness (QED) is 0.932. The summed E-state index contributed by atoms with van der Waals surface area (Å²) in [6.07, 6.45) is 4.83. The predicted octanol–water partition coefficient (Wildman–Crippen LogP) is 2.00. The molecule has 7 heteroatoms. The number of aryl methyl sites for hydroxylation is 1. The van der Waals surface area contributed by atoms with E-state index in [-0.39, 0.29) is 0 Å². The minimum absolute atomic E-state index is 0.402. The Morgan fingerprint density at radius 3 is 2.95 bits per heavy atom. The van der Waals surface area contributed by atoms with Crippen molar-refractivity contribution in [2.75, 3.05) is 42.3 Å². The summed E-state index contributed by atoms with van der Waals surface area (Å²) in [5.74, 6) is 1.61. The van der Waals surface area contributed by atoms with E-state index >= 15 is 0 Å². The van der Waals surface area contributed by atoms with Crippen molar-refractivity contribution < 1.29 is 0 Å². The van der Waals surface area contributed by atoms with Crippen molar-refractivity contribution in [1.82, 2.24) is 15.0 Å². The lowest BCUT2D eigenvalue weighted by Gasteiger charge is -2.17. The molecule has 21 heavy (non-hydrogen) atoms. The summed E-state index contributed by atoms with van der Waals surface area (Å²) in [5, 5.41) is 4.62.